The first-order chi connectivity index (χ1) is 13.3. The molecule has 0 unspecified atom stereocenters. The lowest BCUT2D eigenvalue weighted by Gasteiger charge is -2.20. The third kappa shape index (κ3) is 4.22. The molecular weight excluding hydrogens is 378 g/mol. The molecule has 0 aliphatic carbocycles. The maximum absolute atomic E-state index is 12.5. The number of carbonyl (C=O) groups excluding carboxylic acids is 1. The summed E-state index contributed by atoms with van der Waals surface area (Å²) in [6.07, 6.45) is 1.23. The lowest BCUT2D eigenvalue weighted by molar-refractivity contribution is 0.262. The van der Waals surface area contributed by atoms with Gasteiger partial charge in [0.2, 0.25) is 10.0 Å². The number of hydrogen-bond acceptors (Lipinski definition) is 4. The number of hydrogen-bond donors (Lipinski definition) is 2. The van der Waals surface area contributed by atoms with Gasteiger partial charge in [-0.2, -0.15) is 0 Å². The summed E-state index contributed by atoms with van der Waals surface area (Å²) in [7, 11) is -1.80. The molecule has 0 spiro atoms. The second kappa shape index (κ2) is 8.10. The van der Waals surface area contributed by atoms with Gasteiger partial charge < -0.3 is 15.4 Å². The van der Waals surface area contributed by atoms with Crippen LogP contribution in [0, 0.1) is 6.92 Å². The van der Waals surface area contributed by atoms with Gasteiger partial charge in [-0.25, -0.2) is 13.2 Å². The highest BCUT2D eigenvalue weighted by Crippen LogP contribution is 2.33. The van der Waals surface area contributed by atoms with Gasteiger partial charge in [0.1, 0.15) is 5.75 Å². The Hall–Kier alpha value is -2.74. The third-order valence-corrected chi connectivity index (χ3v) is 6.57. The van der Waals surface area contributed by atoms with Crippen LogP contribution in [0.25, 0.3) is 0 Å². The largest absolute Gasteiger partial charge is 0.495 e. The molecule has 2 N–H and O–H groups in total. The molecule has 0 radical (unpaired) electrons. The van der Waals surface area contributed by atoms with E-state index in [1.165, 1.54) is 4.31 Å². The van der Waals surface area contributed by atoms with E-state index in [4.69, 9.17) is 4.74 Å². The molecule has 7 nitrogen and oxygen atoms in total. The van der Waals surface area contributed by atoms with Crippen LogP contribution in [0.15, 0.2) is 36.4 Å². The molecule has 150 valence electrons. The van der Waals surface area contributed by atoms with Gasteiger partial charge in [-0.15, -0.1) is 0 Å². The maximum atomic E-state index is 12.5. The van der Waals surface area contributed by atoms with Crippen LogP contribution >= 0.6 is 0 Å². The van der Waals surface area contributed by atoms with E-state index in [9.17, 15) is 13.2 Å². The first-order valence-electron chi connectivity index (χ1n) is 9.20. The number of nitrogens with one attached hydrogen (secondary N) is 2. The fourth-order valence-corrected chi connectivity index (χ4v) is 4.86. The molecule has 0 saturated heterocycles. The molecule has 0 saturated carbocycles. The zero-order valence-corrected chi connectivity index (χ0v) is 17.1. The van der Waals surface area contributed by atoms with E-state index in [1.807, 2.05) is 32.0 Å². The number of rotatable bonds is 6. The second-order valence-electron chi connectivity index (χ2n) is 6.76. The van der Waals surface area contributed by atoms with Crippen molar-refractivity contribution in [3.8, 4) is 5.75 Å². The summed E-state index contributed by atoms with van der Waals surface area (Å²) in [6, 6.07) is 10.4. The van der Waals surface area contributed by atoms with E-state index < -0.39 is 16.1 Å². The van der Waals surface area contributed by atoms with Crippen LogP contribution in [0.3, 0.4) is 0 Å². The van der Waals surface area contributed by atoms with Crippen molar-refractivity contribution in [2.75, 3.05) is 34.3 Å². The highest BCUT2D eigenvalue weighted by molar-refractivity contribution is 7.92. The van der Waals surface area contributed by atoms with Crippen molar-refractivity contribution in [3.05, 3.63) is 47.5 Å². The average Bonchev–Trinajstić information content (AvgIpc) is 3.06. The SMILES string of the molecule is CCCS(=O)(=O)N1CCc2ccc(NC(=O)Nc3cc(C)ccc3OC)cc21. The number of nitrogens with zero attached hydrogens (tertiary/aromatic N) is 1. The number of methoxy groups -OCH3 is 1. The molecule has 2 aromatic carbocycles. The zero-order valence-electron chi connectivity index (χ0n) is 16.3. The number of urea groups is 1. The fraction of sp³-hybridized carbons (Fsp3) is 0.350. The van der Waals surface area contributed by atoms with Gasteiger partial charge in [-0.1, -0.05) is 19.1 Å². The molecule has 0 aromatic heterocycles. The summed E-state index contributed by atoms with van der Waals surface area (Å²) in [5.41, 5.74) is 3.69. The van der Waals surface area contributed by atoms with Crippen LogP contribution in [0.5, 0.6) is 5.75 Å². The number of carbonyl (C=O) groups is 1. The Labute approximate surface area is 165 Å². The number of fused-ring (bicyclic) bond motifs is 1. The van der Waals surface area contributed by atoms with Crippen LogP contribution in [-0.2, 0) is 16.4 Å². The first kappa shape index (κ1) is 20.0. The van der Waals surface area contributed by atoms with Gasteiger partial charge >= 0.3 is 6.03 Å². The quantitative estimate of drug-likeness (QED) is 0.769. The summed E-state index contributed by atoms with van der Waals surface area (Å²) >= 11 is 0. The van der Waals surface area contributed by atoms with Crippen molar-refractivity contribution < 1.29 is 17.9 Å². The third-order valence-electron chi connectivity index (χ3n) is 4.60. The molecule has 1 aliphatic rings. The summed E-state index contributed by atoms with van der Waals surface area (Å²) in [4.78, 5) is 12.4. The fourth-order valence-electron chi connectivity index (χ4n) is 3.29. The minimum Gasteiger partial charge on any atom is -0.495 e. The Morgan fingerprint density at radius 2 is 1.96 bits per heavy atom. The molecule has 28 heavy (non-hydrogen) atoms. The minimum absolute atomic E-state index is 0.109. The minimum atomic E-state index is -3.34. The predicted molar refractivity (Wildman–Crippen MR) is 112 cm³/mol. The Kier molecular flexibility index (Phi) is 5.79. The molecule has 8 heteroatoms. The smallest absolute Gasteiger partial charge is 0.323 e. The van der Waals surface area contributed by atoms with Crippen LogP contribution in [-0.4, -0.2) is 33.9 Å². The molecule has 2 aromatic rings. The Bertz CT molecular complexity index is 989. The van der Waals surface area contributed by atoms with Gasteiger partial charge in [0.25, 0.3) is 0 Å². The van der Waals surface area contributed by atoms with Crippen LogP contribution < -0.4 is 19.7 Å². The van der Waals surface area contributed by atoms with Crippen molar-refractivity contribution in [3.63, 3.8) is 0 Å². The normalized spacial score (nSPS) is 13.2. The molecule has 3 rings (SSSR count). The standard InChI is InChI=1S/C20H25N3O4S/c1-4-11-28(25,26)23-10-9-15-6-7-16(13-18(15)23)21-20(24)22-17-12-14(2)5-8-19(17)27-3/h5-8,12-13H,4,9-11H2,1-3H3,(H2,21,22,24). The van der Waals surface area contributed by atoms with E-state index in [0.29, 0.717) is 42.2 Å². The van der Waals surface area contributed by atoms with Gasteiger partial charge in [0.05, 0.1) is 24.2 Å². The predicted octanol–water partition coefficient (Wildman–Crippen LogP) is 3.75. The van der Waals surface area contributed by atoms with Gasteiger partial charge in [0.15, 0.2) is 0 Å². The molecule has 2 amide bonds. The van der Waals surface area contributed by atoms with Gasteiger partial charge in [-0.3, -0.25) is 4.31 Å². The number of sulfonamides is 1. The summed E-state index contributed by atoms with van der Waals surface area (Å²) in [6.45, 7) is 4.21. The van der Waals surface area contributed by atoms with E-state index in [1.54, 1.807) is 25.3 Å². The topological polar surface area (TPSA) is 87.7 Å². The van der Waals surface area contributed by atoms with Crippen LogP contribution in [0.2, 0.25) is 0 Å². The average molecular weight is 404 g/mol. The molecular formula is C20H25N3O4S. The number of ether oxygens (including phenoxy) is 1. The Morgan fingerprint density at radius 1 is 1.18 bits per heavy atom. The highest BCUT2D eigenvalue weighted by Gasteiger charge is 2.29. The van der Waals surface area contributed by atoms with Crippen LogP contribution in [0.4, 0.5) is 21.9 Å². The van der Waals surface area contributed by atoms with Crippen LogP contribution in [0.1, 0.15) is 24.5 Å². The maximum Gasteiger partial charge on any atom is 0.323 e. The number of amides is 2. The van der Waals surface area contributed by atoms with Crippen molar-refractivity contribution in [1.82, 2.24) is 0 Å². The lowest BCUT2D eigenvalue weighted by Crippen LogP contribution is -2.31. The number of aryl methyl sites for hydroxylation is 1. The molecule has 0 bridgehead atoms. The van der Waals surface area contributed by atoms with E-state index in [0.717, 1.165) is 11.1 Å². The monoisotopic (exact) mass is 403 g/mol. The lowest BCUT2D eigenvalue weighted by atomic mass is 10.1. The Morgan fingerprint density at radius 3 is 2.68 bits per heavy atom. The van der Waals surface area contributed by atoms with E-state index in [-0.39, 0.29) is 5.75 Å². The van der Waals surface area contributed by atoms with Crippen molar-refractivity contribution >= 4 is 33.1 Å². The zero-order chi connectivity index (χ0) is 20.3. The first-order valence-corrected chi connectivity index (χ1v) is 10.8. The molecule has 1 heterocycles. The summed E-state index contributed by atoms with van der Waals surface area (Å²) in [5, 5.41) is 5.54. The molecule has 1 aliphatic heterocycles. The van der Waals surface area contributed by atoms with E-state index >= 15 is 0 Å². The summed E-state index contributed by atoms with van der Waals surface area (Å²) < 4.78 is 31.7. The van der Waals surface area contributed by atoms with Gasteiger partial charge in [-0.05, 0) is 55.2 Å². The van der Waals surface area contributed by atoms with E-state index in [2.05, 4.69) is 10.6 Å². The van der Waals surface area contributed by atoms with Crippen molar-refractivity contribution in [2.24, 2.45) is 0 Å². The van der Waals surface area contributed by atoms with Gasteiger partial charge in [0, 0.05) is 12.2 Å². The Balaban J connectivity index is 1.78. The van der Waals surface area contributed by atoms with Crippen molar-refractivity contribution in [1.29, 1.82) is 0 Å². The highest BCUT2D eigenvalue weighted by atomic mass is 32.2. The molecule has 0 atom stereocenters. The second-order valence-corrected chi connectivity index (χ2v) is 8.78. The summed E-state index contributed by atoms with van der Waals surface area (Å²) in [5.74, 6) is 0.670. The number of anilines is 3. The van der Waals surface area contributed by atoms with Crippen molar-refractivity contribution in [2.45, 2.75) is 26.7 Å². The molecule has 0 fully saturated rings. The number of benzene rings is 2.